The molecule has 0 amide bonds. The first kappa shape index (κ1) is 13.2. The molecule has 0 heterocycles. The summed E-state index contributed by atoms with van der Waals surface area (Å²) in [6.07, 6.45) is 2.97. The van der Waals surface area contributed by atoms with Crippen molar-refractivity contribution in [2.24, 2.45) is 11.8 Å². The fraction of sp³-hybridized carbons (Fsp3) is 0.500. The quantitative estimate of drug-likeness (QED) is 0.860. The Morgan fingerprint density at radius 3 is 2.83 bits per heavy atom. The Morgan fingerprint density at radius 1 is 1.56 bits per heavy atom. The maximum atomic E-state index is 10.8. The van der Waals surface area contributed by atoms with E-state index in [-0.39, 0.29) is 0 Å². The SMILES string of the molecule is CC(Cc1ccc(OCC2CC2)c(Cl)c1)C(=O)O. The zero-order valence-corrected chi connectivity index (χ0v) is 11.1. The molecule has 1 aromatic carbocycles. The molecule has 1 fully saturated rings. The number of hydrogen-bond donors (Lipinski definition) is 1. The Balaban J connectivity index is 1.97. The molecule has 0 radical (unpaired) electrons. The predicted molar refractivity (Wildman–Crippen MR) is 70.2 cm³/mol. The first-order valence-corrected chi connectivity index (χ1v) is 6.58. The summed E-state index contributed by atoms with van der Waals surface area (Å²) in [6, 6.07) is 5.51. The van der Waals surface area contributed by atoms with Crippen molar-refractivity contribution in [1.29, 1.82) is 0 Å². The van der Waals surface area contributed by atoms with Gasteiger partial charge in [0.2, 0.25) is 0 Å². The van der Waals surface area contributed by atoms with Gasteiger partial charge in [-0.05, 0) is 42.9 Å². The number of rotatable bonds is 6. The van der Waals surface area contributed by atoms with Crippen LogP contribution >= 0.6 is 11.6 Å². The van der Waals surface area contributed by atoms with Crippen molar-refractivity contribution in [3.63, 3.8) is 0 Å². The number of benzene rings is 1. The van der Waals surface area contributed by atoms with Crippen LogP contribution in [0, 0.1) is 11.8 Å². The van der Waals surface area contributed by atoms with Gasteiger partial charge < -0.3 is 9.84 Å². The highest BCUT2D eigenvalue weighted by Crippen LogP contribution is 2.32. The highest BCUT2D eigenvalue weighted by atomic mass is 35.5. The maximum absolute atomic E-state index is 10.8. The van der Waals surface area contributed by atoms with Gasteiger partial charge in [-0.3, -0.25) is 4.79 Å². The highest BCUT2D eigenvalue weighted by molar-refractivity contribution is 6.32. The zero-order chi connectivity index (χ0) is 13.1. The number of carbonyl (C=O) groups is 1. The molecule has 0 bridgehead atoms. The van der Waals surface area contributed by atoms with Gasteiger partial charge in [0.1, 0.15) is 5.75 Å². The lowest BCUT2D eigenvalue weighted by molar-refractivity contribution is -0.141. The lowest BCUT2D eigenvalue weighted by Gasteiger charge is -2.10. The lowest BCUT2D eigenvalue weighted by Crippen LogP contribution is -2.12. The van der Waals surface area contributed by atoms with Gasteiger partial charge in [-0.2, -0.15) is 0 Å². The van der Waals surface area contributed by atoms with Crippen LogP contribution in [0.1, 0.15) is 25.3 Å². The minimum absolute atomic E-state index is 0.403. The van der Waals surface area contributed by atoms with Crippen LogP contribution in [0.5, 0.6) is 5.75 Å². The molecular formula is C14H17ClO3. The molecule has 0 aliphatic heterocycles. The minimum Gasteiger partial charge on any atom is -0.492 e. The Kier molecular flexibility index (Phi) is 4.12. The first-order chi connectivity index (χ1) is 8.56. The maximum Gasteiger partial charge on any atom is 0.306 e. The molecule has 1 aromatic rings. The van der Waals surface area contributed by atoms with E-state index in [1.54, 1.807) is 13.0 Å². The summed E-state index contributed by atoms with van der Waals surface area (Å²) in [7, 11) is 0. The van der Waals surface area contributed by atoms with Gasteiger partial charge in [-0.1, -0.05) is 24.6 Å². The average Bonchev–Trinajstić information content (AvgIpc) is 3.11. The molecule has 2 rings (SSSR count). The first-order valence-electron chi connectivity index (χ1n) is 6.20. The fourth-order valence-corrected chi connectivity index (χ4v) is 1.98. The van der Waals surface area contributed by atoms with Crippen molar-refractivity contribution in [2.75, 3.05) is 6.61 Å². The van der Waals surface area contributed by atoms with E-state index < -0.39 is 11.9 Å². The third-order valence-electron chi connectivity index (χ3n) is 3.13. The average molecular weight is 269 g/mol. The molecule has 1 saturated carbocycles. The molecule has 1 N–H and O–H groups in total. The predicted octanol–water partition coefficient (Wildman–Crippen LogP) is 3.39. The Hall–Kier alpha value is -1.22. The summed E-state index contributed by atoms with van der Waals surface area (Å²) in [6.45, 7) is 2.42. The summed E-state index contributed by atoms with van der Waals surface area (Å²) in [5.74, 6) is 0.183. The topological polar surface area (TPSA) is 46.5 Å². The number of halogens is 1. The summed E-state index contributed by atoms with van der Waals surface area (Å²) < 4.78 is 5.62. The van der Waals surface area contributed by atoms with E-state index in [0.717, 1.165) is 12.2 Å². The molecule has 98 valence electrons. The summed E-state index contributed by atoms with van der Waals surface area (Å²) in [5.41, 5.74) is 0.925. The van der Waals surface area contributed by atoms with E-state index in [1.807, 2.05) is 12.1 Å². The number of aliphatic carboxylic acids is 1. The summed E-state index contributed by atoms with van der Waals surface area (Å²) in [5, 5.41) is 9.42. The second kappa shape index (κ2) is 5.61. The molecule has 4 heteroatoms. The summed E-state index contributed by atoms with van der Waals surface area (Å²) in [4.78, 5) is 10.8. The molecular weight excluding hydrogens is 252 g/mol. The van der Waals surface area contributed by atoms with Crippen LogP contribution in [0.2, 0.25) is 5.02 Å². The standard InChI is InChI=1S/C14H17ClO3/c1-9(14(16)17)6-11-4-5-13(12(15)7-11)18-8-10-2-3-10/h4-5,7,9-10H,2-3,6,8H2,1H3,(H,16,17). The number of carboxylic acid groups (broad SMARTS) is 1. The van der Waals surface area contributed by atoms with E-state index in [1.165, 1.54) is 12.8 Å². The zero-order valence-electron chi connectivity index (χ0n) is 10.4. The van der Waals surface area contributed by atoms with Gasteiger partial charge in [0.15, 0.2) is 0 Å². The Labute approximate surface area is 112 Å². The highest BCUT2D eigenvalue weighted by Gasteiger charge is 2.22. The molecule has 18 heavy (non-hydrogen) atoms. The smallest absolute Gasteiger partial charge is 0.306 e. The normalized spacial score (nSPS) is 16.3. The van der Waals surface area contributed by atoms with Crippen molar-refractivity contribution in [3.05, 3.63) is 28.8 Å². The Morgan fingerprint density at radius 2 is 2.28 bits per heavy atom. The van der Waals surface area contributed by atoms with Gasteiger partial charge >= 0.3 is 5.97 Å². The molecule has 1 unspecified atom stereocenters. The molecule has 0 spiro atoms. The van der Waals surface area contributed by atoms with Crippen LogP contribution in [0.25, 0.3) is 0 Å². The van der Waals surface area contributed by atoms with Crippen molar-refractivity contribution in [1.82, 2.24) is 0 Å². The van der Waals surface area contributed by atoms with Crippen molar-refractivity contribution >= 4 is 17.6 Å². The van der Waals surface area contributed by atoms with Gasteiger partial charge in [0.25, 0.3) is 0 Å². The van der Waals surface area contributed by atoms with Crippen LogP contribution in [0.4, 0.5) is 0 Å². The third-order valence-corrected chi connectivity index (χ3v) is 3.43. The number of hydrogen-bond acceptors (Lipinski definition) is 2. The van der Waals surface area contributed by atoms with Crippen molar-refractivity contribution in [2.45, 2.75) is 26.2 Å². The largest absolute Gasteiger partial charge is 0.492 e. The number of ether oxygens (including phenoxy) is 1. The van der Waals surface area contributed by atoms with Crippen LogP contribution in [-0.2, 0) is 11.2 Å². The van der Waals surface area contributed by atoms with E-state index in [0.29, 0.717) is 23.1 Å². The molecule has 0 saturated heterocycles. The molecule has 0 aromatic heterocycles. The fourth-order valence-electron chi connectivity index (χ4n) is 1.72. The lowest BCUT2D eigenvalue weighted by atomic mass is 10.0. The summed E-state index contributed by atoms with van der Waals surface area (Å²) >= 11 is 6.12. The van der Waals surface area contributed by atoms with Crippen molar-refractivity contribution < 1.29 is 14.6 Å². The van der Waals surface area contributed by atoms with Crippen molar-refractivity contribution in [3.8, 4) is 5.75 Å². The minimum atomic E-state index is -0.791. The molecule has 1 atom stereocenters. The van der Waals surface area contributed by atoms with Gasteiger partial charge in [-0.25, -0.2) is 0 Å². The van der Waals surface area contributed by atoms with E-state index >= 15 is 0 Å². The monoisotopic (exact) mass is 268 g/mol. The van der Waals surface area contributed by atoms with Crippen LogP contribution in [0.15, 0.2) is 18.2 Å². The van der Waals surface area contributed by atoms with Crippen LogP contribution in [-0.4, -0.2) is 17.7 Å². The number of carboxylic acids is 1. The molecule has 1 aliphatic rings. The molecule has 1 aliphatic carbocycles. The second-order valence-corrected chi connectivity index (χ2v) is 5.37. The second-order valence-electron chi connectivity index (χ2n) is 4.96. The third kappa shape index (κ3) is 3.64. The van der Waals surface area contributed by atoms with Crippen LogP contribution < -0.4 is 4.74 Å². The van der Waals surface area contributed by atoms with Gasteiger partial charge in [0.05, 0.1) is 17.5 Å². The van der Waals surface area contributed by atoms with E-state index in [4.69, 9.17) is 21.4 Å². The molecule has 3 nitrogen and oxygen atoms in total. The van der Waals surface area contributed by atoms with Gasteiger partial charge in [0, 0.05) is 0 Å². The van der Waals surface area contributed by atoms with E-state index in [9.17, 15) is 4.79 Å². The van der Waals surface area contributed by atoms with Crippen LogP contribution in [0.3, 0.4) is 0 Å². The van der Waals surface area contributed by atoms with Gasteiger partial charge in [-0.15, -0.1) is 0 Å². The Bertz CT molecular complexity index is 441. The van der Waals surface area contributed by atoms with E-state index in [2.05, 4.69) is 0 Å².